The maximum atomic E-state index is 10.8. The van der Waals surface area contributed by atoms with Crippen LogP contribution in [0.3, 0.4) is 0 Å². The SMILES string of the molecule is CC(C)CCCC(C)CCCC1(C)CCc2cc(OCCS(=O)(=O)O)ccc2O1. The van der Waals surface area contributed by atoms with Crippen LogP contribution in [0.5, 0.6) is 11.5 Å². The van der Waals surface area contributed by atoms with Crippen LogP contribution in [0, 0.1) is 11.8 Å². The summed E-state index contributed by atoms with van der Waals surface area (Å²) >= 11 is 0. The van der Waals surface area contributed by atoms with Crippen LogP contribution >= 0.6 is 0 Å². The highest BCUT2D eigenvalue weighted by molar-refractivity contribution is 7.85. The van der Waals surface area contributed by atoms with E-state index in [4.69, 9.17) is 14.0 Å². The Balaban J connectivity index is 1.79. The van der Waals surface area contributed by atoms with Gasteiger partial charge in [0.25, 0.3) is 10.1 Å². The largest absolute Gasteiger partial charge is 0.492 e. The molecule has 6 heteroatoms. The number of hydrogen-bond donors (Lipinski definition) is 1. The molecule has 0 fully saturated rings. The molecular formula is C23H38O5S. The van der Waals surface area contributed by atoms with Gasteiger partial charge in [-0.25, -0.2) is 0 Å². The third-order valence-electron chi connectivity index (χ3n) is 5.80. The second-order valence-electron chi connectivity index (χ2n) is 9.28. The first-order chi connectivity index (χ1) is 13.6. The summed E-state index contributed by atoms with van der Waals surface area (Å²) in [7, 11) is -4.00. The van der Waals surface area contributed by atoms with E-state index in [1.54, 1.807) is 6.07 Å². The molecule has 2 rings (SSSR count). The third-order valence-corrected chi connectivity index (χ3v) is 6.49. The van der Waals surface area contributed by atoms with Crippen LogP contribution in [0.4, 0.5) is 0 Å². The second kappa shape index (κ2) is 10.7. The van der Waals surface area contributed by atoms with Crippen molar-refractivity contribution in [3.63, 3.8) is 0 Å². The average Bonchev–Trinajstić information content (AvgIpc) is 2.60. The fraction of sp³-hybridized carbons (Fsp3) is 0.739. The van der Waals surface area contributed by atoms with E-state index >= 15 is 0 Å². The topological polar surface area (TPSA) is 72.8 Å². The van der Waals surface area contributed by atoms with Gasteiger partial charge < -0.3 is 9.47 Å². The molecule has 2 atom stereocenters. The summed E-state index contributed by atoms with van der Waals surface area (Å²) in [6.45, 7) is 9.08. The maximum absolute atomic E-state index is 10.8. The number of rotatable bonds is 12. The molecule has 0 amide bonds. The van der Waals surface area contributed by atoms with Crippen molar-refractivity contribution in [2.24, 2.45) is 11.8 Å². The van der Waals surface area contributed by atoms with Gasteiger partial charge in [-0.1, -0.05) is 46.5 Å². The highest BCUT2D eigenvalue weighted by atomic mass is 32.2. The monoisotopic (exact) mass is 426 g/mol. The molecule has 0 radical (unpaired) electrons. The van der Waals surface area contributed by atoms with Gasteiger partial charge in [0, 0.05) is 0 Å². The van der Waals surface area contributed by atoms with Gasteiger partial charge in [0.2, 0.25) is 0 Å². The van der Waals surface area contributed by atoms with Crippen LogP contribution in [0.1, 0.15) is 78.2 Å². The molecule has 0 bridgehead atoms. The van der Waals surface area contributed by atoms with Gasteiger partial charge in [0.05, 0.1) is 0 Å². The normalized spacial score (nSPS) is 20.2. The lowest BCUT2D eigenvalue weighted by Gasteiger charge is -2.36. The molecule has 0 aliphatic carbocycles. The molecule has 1 aromatic rings. The number of hydrogen-bond acceptors (Lipinski definition) is 4. The summed E-state index contributed by atoms with van der Waals surface area (Å²) in [4.78, 5) is 0. The van der Waals surface area contributed by atoms with Crippen molar-refractivity contribution < 1.29 is 22.4 Å². The predicted molar refractivity (Wildman–Crippen MR) is 117 cm³/mol. The van der Waals surface area contributed by atoms with Gasteiger partial charge in [0.15, 0.2) is 0 Å². The standard InChI is InChI=1S/C23H38O5S/c1-18(2)7-5-8-19(3)9-6-13-23(4)14-12-20-17-21(10-11-22(20)28-23)27-15-16-29(24,25)26/h10-11,17-19H,5-9,12-16H2,1-4H3,(H,24,25,26). The number of aryl methyl sites for hydroxylation is 1. The first-order valence-electron chi connectivity index (χ1n) is 11.0. The molecule has 0 saturated carbocycles. The van der Waals surface area contributed by atoms with E-state index in [0.717, 1.165) is 42.4 Å². The maximum Gasteiger partial charge on any atom is 0.268 e. The summed E-state index contributed by atoms with van der Waals surface area (Å²) in [5.41, 5.74) is 0.965. The van der Waals surface area contributed by atoms with E-state index in [0.29, 0.717) is 5.75 Å². The summed E-state index contributed by atoms with van der Waals surface area (Å²) < 4.78 is 42.1. The Morgan fingerprint density at radius 2 is 1.90 bits per heavy atom. The van der Waals surface area contributed by atoms with Crippen molar-refractivity contribution in [3.8, 4) is 11.5 Å². The molecule has 1 aromatic carbocycles. The number of fused-ring (bicyclic) bond motifs is 1. The predicted octanol–water partition coefficient (Wildman–Crippen LogP) is 5.67. The van der Waals surface area contributed by atoms with Crippen LogP contribution in [0.15, 0.2) is 18.2 Å². The molecule has 1 N–H and O–H groups in total. The zero-order valence-corrected chi connectivity index (χ0v) is 19.3. The first kappa shape index (κ1) is 24.0. The van der Waals surface area contributed by atoms with Crippen molar-refractivity contribution in [1.82, 2.24) is 0 Å². The molecule has 1 aliphatic heterocycles. The van der Waals surface area contributed by atoms with Gasteiger partial charge in [0.1, 0.15) is 29.5 Å². The molecule has 0 aromatic heterocycles. The average molecular weight is 427 g/mol. The highest BCUT2D eigenvalue weighted by Gasteiger charge is 2.31. The number of benzene rings is 1. The van der Waals surface area contributed by atoms with Gasteiger partial charge in [-0.3, -0.25) is 4.55 Å². The Kier molecular flexibility index (Phi) is 8.83. The minimum Gasteiger partial charge on any atom is -0.492 e. The third kappa shape index (κ3) is 8.95. The summed E-state index contributed by atoms with van der Waals surface area (Å²) in [6, 6.07) is 5.62. The van der Waals surface area contributed by atoms with E-state index in [2.05, 4.69) is 27.7 Å². The molecular weight excluding hydrogens is 388 g/mol. The molecule has 2 unspecified atom stereocenters. The molecule has 5 nitrogen and oxygen atoms in total. The van der Waals surface area contributed by atoms with E-state index in [9.17, 15) is 8.42 Å². The van der Waals surface area contributed by atoms with Crippen LogP contribution < -0.4 is 9.47 Å². The van der Waals surface area contributed by atoms with Crippen molar-refractivity contribution >= 4 is 10.1 Å². The smallest absolute Gasteiger partial charge is 0.268 e. The van der Waals surface area contributed by atoms with E-state index < -0.39 is 15.9 Å². The van der Waals surface area contributed by atoms with Crippen LogP contribution in [-0.4, -0.2) is 30.9 Å². The van der Waals surface area contributed by atoms with Crippen LogP contribution in [0.25, 0.3) is 0 Å². The summed E-state index contributed by atoms with van der Waals surface area (Å²) in [5.74, 6) is 2.66. The zero-order chi connectivity index (χ0) is 21.5. The summed E-state index contributed by atoms with van der Waals surface area (Å²) in [5, 5.41) is 0. The zero-order valence-electron chi connectivity index (χ0n) is 18.4. The quantitative estimate of drug-likeness (QED) is 0.436. The molecule has 1 heterocycles. The van der Waals surface area contributed by atoms with Crippen LogP contribution in [0.2, 0.25) is 0 Å². The lowest BCUT2D eigenvalue weighted by Crippen LogP contribution is -2.36. The van der Waals surface area contributed by atoms with Crippen LogP contribution in [-0.2, 0) is 16.5 Å². The Morgan fingerprint density at radius 1 is 1.17 bits per heavy atom. The molecule has 0 saturated heterocycles. The molecule has 0 spiro atoms. The van der Waals surface area contributed by atoms with Crippen molar-refractivity contribution in [3.05, 3.63) is 23.8 Å². The van der Waals surface area contributed by atoms with E-state index in [1.807, 2.05) is 12.1 Å². The lowest BCUT2D eigenvalue weighted by atomic mass is 9.86. The Bertz CT molecular complexity index is 744. The van der Waals surface area contributed by atoms with Gasteiger partial charge in [-0.2, -0.15) is 8.42 Å². The first-order valence-corrected chi connectivity index (χ1v) is 12.6. The van der Waals surface area contributed by atoms with Gasteiger partial charge in [-0.15, -0.1) is 0 Å². The second-order valence-corrected chi connectivity index (χ2v) is 10.9. The Hall–Kier alpha value is -1.27. The van der Waals surface area contributed by atoms with E-state index in [1.165, 1.54) is 32.1 Å². The lowest BCUT2D eigenvalue weighted by molar-refractivity contribution is 0.0523. The molecule has 1 aliphatic rings. The van der Waals surface area contributed by atoms with E-state index in [-0.39, 0.29) is 12.2 Å². The summed E-state index contributed by atoms with van der Waals surface area (Å²) in [6.07, 6.45) is 9.36. The Morgan fingerprint density at radius 3 is 2.59 bits per heavy atom. The van der Waals surface area contributed by atoms with Gasteiger partial charge >= 0.3 is 0 Å². The fourth-order valence-electron chi connectivity index (χ4n) is 3.94. The minimum absolute atomic E-state index is 0.0639. The Labute approximate surface area is 176 Å². The number of ether oxygens (including phenoxy) is 2. The molecule has 29 heavy (non-hydrogen) atoms. The van der Waals surface area contributed by atoms with Crippen molar-refractivity contribution in [1.29, 1.82) is 0 Å². The van der Waals surface area contributed by atoms with Crippen molar-refractivity contribution in [2.75, 3.05) is 12.4 Å². The van der Waals surface area contributed by atoms with Crippen molar-refractivity contribution in [2.45, 2.75) is 84.7 Å². The van der Waals surface area contributed by atoms with Gasteiger partial charge in [-0.05, 0) is 68.2 Å². The minimum atomic E-state index is -4.00. The fourth-order valence-corrected chi connectivity index (χ4v) is 4.23. The molecule has 166 valence electrons. The highest BCUT2D eigenvalue weighted by Crippen LogP contribution is 2.38.